The molecule has 0 aliphatic carbocycles. The molecule has 0 bridgehead atoms. The van der Waals surface area contributed by atoms with E-state index in [-0.39, 0.29) is 17.7 Å². The number of carbonyl (C=O) groups is 3. The molecule has 5 atom stereocenters. The minimum atomic E-state index is -1.41. The first-order valence-corrected chi connectivity index (χ1v) is 10.0. The van der Waals surface area contributed by atoms with Gasteiger partial charge in [-0.15, -0.1) is 0 Å². The summed E-state index contributed by atoms with van der Waals surface area (Å²) in [7, 11) is 0. The van der Waals surface area contributed by atoms with Crippen molar-refractivity contribution in [3.63, 3.8) is 0 Å². The monoisotopic (exact) mass is 405 g/mol. The van der Waals surface area contributed by atoms with Crippen molar-refractivity contribution in [1.29, 1.82) is 0 Å². The number of halogens is 1. The second-order valence-electron chi connectivity index (χ2n) is 8.00. The van der Waals surface area contributed by atoms with Crippen molar-refractivity contribution in [2.24, 2.45) is 11.8 Å². The Morgan fingerprint density at radius 2 is 2.00 bits per heavy atom. The van der Waals surface area contributed by atoms with E-state index < -0.39 is 29.5 Å². The summed E-state index contributed by atoms with van der Waals surface area (Å²) in [5, 5.41) is 16.8. The fraction of sp³-hybridized carbons (Fsp3) is 0.550. The fourth-order valence-corrected chi connectivity index (χ4v) is 5.25. The lowest BCUT2D eigenvalue weighted by Crippen LogP contribution is -2.54. The Morgan fingerprint density at radius 1 is 1.29 bits per heavy atom. The van der Waals surface area contributed by atoms with Crippen LogP contribution in [0.4, 0.5) is 5.69 Å². The van der Waals surface area contributed by atoms with Crippen LogP contribution in [-0.4, -0.2) is 46.4 Å². The number of rotatable bonds is 4. The molecular weight excluding hydrogens is 382 g/mol. The first kappa shape index (κ1) is 19.4. The molecule has 3 aliphatic heterocycles. The highest BCUT2D eigenvalue weighted by Gasteiger charge is 2.71. The van der Waals surface area contributed by atoms with Crippen LogP contribution < -0.4 is 10.6 Å². The largest absolute Gasteiger partial charge is 0.392 e. The van der Waals surface area contributed by atoms with Crippen LogP contribution in [0.1, 0.15) is 37.8 Å². The van der Waals surface area contributed by atoms with E-state index >= 15 is 0 Å². The lowest BCUT2D eigenvalue weighted by molar-refractivity contribution is -0.143. The van der Waals surface area contributed by atoms with E-state index in [9.17, 15) is 19.5 Å². The number of anilines is 1. The molecule has 8 heteroatoms. The first-order chi connectivity index (χ1) is 13.2. The second-order valence-corrected chi connectivity index (χ2v) is 8.44. The SMILES string of the molecule is CCCCN1C(=O)C2C(C(C)O)NC3(C(=O)Nc4c(C)cc(Cl)cc43)C2C1=O. The van der Waals surface area contributed by atoms with Crippen LogP contribution in [0.25, 0.3) is 0 Å². The third-order valence-corrected chi connectivity index (χ3v) is 6.49. The molecule has 1 aromatic carbocycles. The molecule has 3 aliphatic rings. The lowest BCUT2D eigenvalue weighted by atomic mass is 9.76. The third kappa shape index (κ3) is 2.39. The van der Waals surface area contributed by atoms with Crippen molar-refractivity contribution < 1.29 is 19.5 Å². The minimum absolute atomic E-state index is 0.321. The molecule has 1 aromatic rings. The van der Waals surface area contributed by atoms with Gasteiger partial charge in [-0.1, -0.05) is 24.9 Å². The van der Waals surface area contributed by atoms with Gasteiger partial charge < -0.3 is 10.4 Å². The van der Waals surface area contributed by atoms with E-state index in [1.54, 1.807) is 19.1 Å². The van der Waals surface area contributed by atoms with Gasteiger partial charge >= 0.3 is 0 Å². The van der Waals surface area contributed by atoms with E-state index in [1.807, 2.05) is 13.8 Å². The molecule has 0 radical (unpaired) electrons. The van der Waals surface area contributed by atoms with Crippen LogP contribution in [0.5, 0.6) is 0 Å². The number of benzene rings is 1. The molecule has 150 valence electrons. The van der Waals surface area contributed by atoms with Crippen LogP contribution >= 0.6 is 11.6 Å². The molecule has 2 fully saturated rings. The maximum absolute atomic E-state index is 13.3. The topological polar surface area (TPSA) is 98.7 Å². The van der Waals surface area contributed by atoms with Crippen molar-refractivity contribution in [2.45, 2.75) is 51.3 Å². The number of fused-ring (bicyclic) bond motifs is 4. The Bertz CT molecular complexity index is 886. The van der Waals surface area contributed by atoms with Crippen LogP contribution in [0.15, 0.2) is 12.1 Å². The van der Waals surface area contributed by atoms with E-state index in [1.165, 1.54) is 4.90 Å². The summed E-state index contributed by atoms with van der Waals surface area (Å²) in [5.41, 5.74) is 0.551. The average Bonchev–Trinajstić information content (AvgIpc) is 3.21. The Balaban J connectivity index is 1.89. The highest BCUT2D eigenvalue weighted by Crippen LogP contribution is 2.54. The van der Waals surface area contributed by atoms with Crippen molar-refractivity contribution in [1.82, 2.24) is 10.2 Å². The molecule has 2 saturated heterocycles. The zero-order valence-corrected chi connectivity index (χ0v) is 16.8. The van der Waals surface area contributed by atoms with E-state index in [0.717, 1.165) is 12.0 Å². The van der Waals surface area contributed by atoms with Crippen molar-refractivity contribution in [3.8, 4) is 0 Å². The Hall–Kier alpha value is -1.96. The standard InChI is InChI=1S/C20H24ClN3O4/c1-4-5-6-24-17(26)13-14(18(24)27)20(23-16(13)10(3)25)12-8-11(21)7-9(2)15(12)22-19(20)28/h7-8,10,13-14,16,23,25H,4-6H2,1-3H3,(H,22,28). The predicted octanol–water partition coefficient (Wildman–Crippen LogP) is 1.55. The van der Waals surface area contributed by atoms with Crippen molar-refractivity contribution >= 4 is 35.0 Å². The molecule has 3 amide bonds. The van der Waals surface area contributed by atoms with Crippen LogP contribution in [0.3, 0.4) is 0 Å². The number of carbonyl (C=O) groups excluding carboxylic acids is 3. The third-order valence-electron chi connectivity index (χ3n) is 6.27. The van der Waals surface area contributed by atoms with E-state index in [0.29, 0.717) is 29.2 Å². The number of hydrogen-bond donors (Lipinski definition) is 3. The number of amides is 3. The zero-order valence-electron chi connectivity index (χ0n) is 16.1. The van der Waals surface area contributed by atoms with Gasteiger partial charge in [0, 0.05) is 28.9 Å². The van der Waals surface area contributed by atoms with Gasteiger partial charge in [-0.3, -0.25) is 24.6 Å². The predicted molar refractivity (Wildman–Crippen MR) is 104 cm³/mol. The second kappa shape index (κ2) is 6.54. The molecule has 3 N–H and O–H groups in total. The van der Waals surface area contributed by atoms with E-state index in [2.05, 4.69) is 10.6 Å². The number of nitrogens with one attached hydrogen (secondary N) is 2. The highest BCUT2D eigenvalue weighted by molar-refractivity contribution is 6.31. The number of nitrogens with zero attached hydrogens (tertiary/aromatic N) is 1. The Labute approximate surface area is 168 Å². The maximum atomic E-state index is 13.3. The number of aryl methyl sites for hydroxylation is 1. The summed E-state index contributed by atoms with van der Waals surface area (Å²) in [6.07, 6.45) is 0.630. The smallest absolute Gasteiger partial charge is 0.250 e. The summed E-state index contributed by atoms with van der Waals surface area (Å²) >= 11 is 6.26. The van der Waals surface area contributed by atoms with Gasteiger partial charge in [0.25, 0.3) is 0 Å². The van der Waals surface area contributed by atoms with Crippen LogP contribution in [0.2, 0.25) is 5.02 Å². The number of hydrogen-bond acceptors (Lipinski definition) is 5. The average molecular weight is 406 g/mol. The van der Waals surface area contributed by atoms with Gasteiger partial charge in [0.2, 0.25) is 17.7 Å². The highest BCUT2D eigenvalue weighted by atomic mass is 35.5. The minimum Gasteiger partial charge on any atom is -0.392 e. The molecule has 28 heavy (non-hydrogen) atoms. The fourth-order valence-electron chi connectivity index (χ4n) is 4.97. The van der Waals surface area contributed by atoms with Gasteiger partial charge in [0.15, 0.2) is 0 Å². The van der Waals surface area contributed by atoms with Gasteiger partial charge in [0.05, 0.1) is 17.9 Å². The van der Waals surface area contributed by atoms with Crippen LogP contribution in [0, 0.1) is 18.8 Å². The van der Waals surface area contributed by atoms with Gasteiger partial charge in [0.1, 0.15) is 5.54 Å². The summed E-state index contributed by atoms with van der Waals surface area (Å²) in [6, 6.07) is 2.71. The van der Waals surface area contributed by atoms with Gasteiger partial charge in [-0.05, 0) is 38.0 Å². The van der Waals surface area contributed by atoms with Gasteiger partial charge in [-0.2, -0.15) is 0 Å². The normalized spacial score (nSPS) is 32.1. The number of aliphatic hydroxyl groups excluding tert-OH is 1. The number of aliphatic hydroxyl groups is 1. The molecule has 1 spiro atoms. The van der Waals surface area contributed by atoms with Gasteiger partial charge in [-0.25, -0.2) is 0 Å². The summed E-state index contributed by atoms with van der Waals surface area (Å²) in [5.74, 6) is -2.76. The summed E-state index contributed by atoms with van der Waals surface area (Å²) in [6.45, 7) is 5.71. The molecule has 5 unspecified atom stereocenters. The Morgan fingerprint density at radius 3 is 2.64 bits per heavy atom. The van der Waals surface area contributed by atoms with Crippen LogP contribution in [-0.2, 0) is 19.9 Å². The number of unbranched alkanes of at least 4 members (excludes halogenated alkanes) is 1. The number of likely N-dealkylation sites (tertiary alicyclic amines) is 1. The zero-order chi connectivity index (χ0) is 20.4. The van der Waals surface area contributed by atoms with E-state index in [4.69, 9.17) is 11.6 Å². The lowest BCUT2D eigenvalue weighted by Gasteiger charge is -2.30. The maximum Gasteiger partial charge on any atom is 0.250 e. The molecule has 0 aromatic heterocycles. The molecule has 7 nitrogen and oxygen atoms in total. The van der Waals surface area contributed by atoms with Crippen molar-refractivity contribution in [2.75, 3.05) is 11.9 Å². The molecule has 0 saturated carbocycles. The quantitative estimate of drug-likeness (QED) is 0.660. The van der Waals surface area contributed by atoms with Crippen molar-refractivity contribution in [3.05, 3.63) is 28.3 Å². The summed E-state index contributed by atoms with van der Waals surface area (Å²) < 4.78 is 0. The molecular formula is C20H24ClN3O4. The molecule has 4 rings (SSSR count). The summed E-state index contributed by atoms with van der Waals surface area (Å²) in [4.78, 5) is 40.9. The number of imide groups is 1. The molecule has 3 heterocycles. The Kier molecular flexibility index (Phi) is 4.52. The first-order valence-electron chi connectivity index (χ1n) is 9.67.